The first-order valence-corrected chi connectivity index (χ1v) is 8.84. The predicted octanol–water partition coefficient (Wildman–Crippen LogP) is 3.23. The molecular weight excluding hydrogens is 322 g/mol. The summed E-state index contributed by atoms with van der Waals surface area (Å²) >= 11 is 6.14. The molecule has 2 aromatic rings. The molecule has 1 aliphatic heterocycles. The summed E-state index contributed by atoms with van der Waals surface area (Å²) in [5, 5.41) is 3.10. The van der Waals surface area contributed by atoms with Crippen molar-refractivity contribution < 1.29 is 13.2 Å². The highest BCUT2D eigenvalue weighted by molar-refractivity contribution is 7.91. The first-order chi connectivity index (χ1) is 10.4. The smallest absolute Gasteiger partial charge is 0.257 e. The number of fused-ring (bicyclic) bond motifs is 1. The minimum Gasteiger partial charge on any atom is -0.322 e. The van der Waals surface area contributed by atoms with Gasteiger partial charge in [-0.25, -0.2) is 8.42 Å². The number of anilines is 1. The number of nitrogens with one attached hydrogen (secondary N) is 1. The van der Waals surface area contributed by atoms with Gasteiger partial charge in [0, 0.05) is 5.69 Å². The van der Waals surface area contributed by atoms with Gasteiger partial charge in [-0.2, -0.15) is 0 Å². The van der Waals surface area contributed by atoms with Crippen molar-refractivity contribution in [2.75, 3.05) is 11.1 Å². The molecule has 1 amide bonds. The van der Waals surface area contributed by atoms with E-state index < -0.39 is 9.84 Å². The van der Waals surface area contributed by atoms with Gasteiger partial charge >= 0.3 is 0 Å². The topological polar surface area (TPSA) is 63.2 Å². The molecule has 22 heavy (non-hydrogen) atoms. The van der Waals surface area contributed by atoms with E-state index in [-0.39, 0.29) is 11.7 Å². The molecule has 0 fully saturated rings. The van der Waals surface area contributed by atoms with Gasteiger partial charge in [-0.3, -0.25) is 4.79 Å². The quantitative estimate of drug-likeness (QED) is 0.916. The van der Waals surface area contributed by atoms with E-state index >= 15 is 0 Å². The van der Waals surface area contributed by atoms with Gasteiger partial charge in [-0.1, -0.05) is 29.8 Å². The first kappa shape index (κ1) is 15.1. The van der Waals surface area contributed by atoms with Crippen LogP contribution in [0.2, 0.25) is 5.02 Å². The molecule has 114 valence electrons. The van der Waals surface area contributed by atoms with Crippen LogP contribution < -0.4 is 5.32 Å². The zero-order valence-electron chi connectivity index (χ0n) is 11.9. The molecule has 0 radical (unpaired) electrons. The van der Waals surface area contributed by atoms with Crippen LogP contribution in [0.15, 0.2) is 41.3 Å². The van der Waals surface area contributed by atoms with Crippen LogP contribution in [0.1, 0.15) is 21.5 Å². The fraction of sp³-hybridized carbons (Fsp3) is 0.188. The van der Waals surface area contributed by atoms with Gasteiger partial charge in [0.25, 0.3) is 5.91 Å². The van der Waals surface area contributed by atoms with E-state index in [0.717, 1.165) is 11.1 Å². The molecule has 0 unspecified atom stereocenters. The van der Waals surface area contributed by atoms with E-state index in [1.54, 1.807) is 24.3 Å². The summed E-state index contributed by atoms with van der Waals surface area (Å²) in [6.45, 7) is 1.82. The Morgan fingerprint density at radius 2 is 2.00 bits per heavy atom. The highest BCUT2D eigenvalue weighted by atomic mass is 35.5. The Morgan fingerprint density at radius 3 is 2.77 bits per heavy atom. The van der Waals surface area contributed by atoms with Gasteiger partial charge in [0.05, 0.1) is 21.2 Å². The third-order valence-electron chi connectivity index (χ3n) is 3.74. The van der Waals surface area contributed by atoms with E-state index in [4.69, 9.17) is 11.6 Å². The van der Waals surface area contributed by atoms with Crippen LogP contribution in [0.4, 0.5) is 5.69 Å². The molecule has 0 spiro atoms. The second kappa shape index (κ2) is 5.41. The Hall–Kier alpha value is -1.85. The normalized spacial score (nSPS) is 15.4. The Balaban J connectivity index is 1.91. The molecule has 1 N–H and O–H groups in total. The lowest BCUT2D eigenvalue weighted by atomic mass is 10.1. The van der Waals surface area contributed by atoms with Gasteiger partial charge in [0.15, 0.2) is 9.84 Å². The monoisotopic (exact) mass is 335 g/mol. The lowest BCUT2D eigenvalue weighted by molar-refractivity contribution is 0.102. The summed E-state index contributed by atoms with van der Waals surface area (Å²) in [7, 11) is -3.22. The number of halogens is 1. The maximum atomic E-state index is 12.3. The zero-order valence-corrected chi connectivity index (χ0v) is 13.5. The van der Waals surface area contributed by atoms with Crippen molar-refractivity contribution in [3.05, 3.63) is 58.1 Å². The number of carbonyl (C=O) groups excluding carboxylic acids is 1. The van der Waals surface area contributed by atoms with Crippen LogP contribution in [-0.2, 0) is 16.3 Å². The molecule has 2 aromatic carbocycles. The van der Waals surface area contributed by atoms with E-state index in [1.807, 2.05) is 13.0 Å². The minimum atomic E-state index is -3.22. The molecule has 6 heteroatoms. The van der Waals surface area contributed by atoms with Gasteiger partial charge < -0.3 is 5.32 Å². The van der Waals surface area contributed by atoms with Crippen LogP contribution in [0.5, 0.6) is 0 Å². The molecule has 3 rings (SSSR count). The maximum Gasteiger partial charge on any atom is 0.257 e. The van der Waals surface area contributed by atoms with Crippen LogP contribution in [-0.4, -0.2) is 20.1 Å². The molecule has 0 aromatic heterocycles. The number of rotatable bonds is 2. The highest BCUT2D eigenvalue weighted by Crippen LogP contribution is 2.29. The Morgan fingerprint density at radius 1 is 1.23 bits per heavy atom. The van der Waals surface area contributed by atoms with Gasteiger partial charge in [0.1, 0.15) is 0 Å². The van der Waals surface area contributed by atoms with Crippen molar-refractivity contribution in [1.82, 2.24) is 0 Å². The van der Waals surface area contributed by atoms with Crippen LogP contribution in [0.3, 0.4) is 0 Å². The van der Waals surface area contributed by atoms with E-state index in [2.05, 4.69) is 5.32 Å². The largest absolute Gasteiger partial charge is 0.322 e. The third-order valence-corrected chi connectivity index (χ3v) is 6.03. The van der Waals surface area contributed by atoms with E-state index in [9.17, 15) is 13.2 Å². The second-order valence-electron chi connectivity index (χ2n) is 5.28. The van der Waals surface area contributed by atoms with Crippen molar-refractivity contribution in [3.63, 3.8) is 0 Å². The number of carbonyl (C=O) groups is 1. The van der Waals surface area contributed by atoms with E-state index in [0.29, 0.717) is 27.6 Å². The molecule has 0 aliphatic carbocycles. The fourth-order valence-corrected chi connectivity index (χ4v) is 4.30. The average Bonchev–Trinajstić information content (AvgIpc) is 2.77. The molecule has 1 heterocycles. The minimum absolute atomic E-state index is 0.128. The number of hydrogen-bond donors (Lipinski definition) is 1. The van der Waals surface area contributed by atoms with Crippen LogP contribution in [0, 0.1) is 6.92 Å². The van der Waals surface area contributed by atoms with Crippen LogP contribution >= 0.6 is 11.6 Å². The molecule has 0 bridgehead atoms. The van der Waals surface area contributed by atoms with E-state index in [1.165, 1.54) is 6.07 Å². The van der Waals surface area contributed by atoms with Gasteiger partial charge in [-0.15, -0.1) is 0 Å². The highest BCUT2D eigenvalue weighted by Gasteiger charge is 2.26. The summed E-state index contributed by atoms with van der Waals surface area (Å²) in [5.74, 6) is -0.229. The molecule has 1 aliphatic rings. The van der Waals surface area contributed by atoms with Crippen molar-refractivity contribution in [1.29, 1.82) is 0 Å². The third kappa shape index (κ3) is 2.62. The summed E-state index contributed by atoms with van der Waals surface area (Å²) in [5.41, 5.74) is 2.43. The van der Waals surface area contributed by atoms with Gasteiger partial charge in [0.2, 0.25) is 0 Å². The molecule has 4 nitrogen and oxygen atoms in total. The lowest BCUT2D eigenvalue weighted by Crippen LogP contribution is -2.13. The van der Waals surface area contributed by atoms with Crippen molar-refractivity contribution in [2.24, 2.45) is 0 Å². The predicted molar refractivity (Wildman–Crippen MR) is 86.3 cm³/mol. The second-order valence-corrected chi connectivity index (χ2v) is 7.74. The molecule has 0 atom stereocenters. The lowest BCUT2D eigenvalue weighted by Gasteiger charge is -2.09. The SMILES string of the molecule is Cc1cccc(C(=O)Nc2ccc3c(c2)S(=O)(=O)CC3)c1Cl. The van der Waals surface area contributed by atoms with Crippen molar-refractivity contribution in [2.45, 2.75) is 18.2 Å². The summed E-state index contributed by atoms with van der Waals surface area (Å²) < 4.78 is 23.9. The maximum absolute atomic E-state index is 12.3. The first-order valence-electron chi connectivity index (χ1n) is 6.80. The average molecular weight is 336 g/mol. The summed E-state index contributed by atoms with van der Waals surface area (Å²) in [6, 6.07) is 10.2. The molecule has 0 saturated heterocycles. The number of amides is 1. The summed E-state index contributed by atoms with van der Waals surface area (Å²) in [6.07, 6.45) is 0.523. The molecule has 0 saturated carbocycles. The Labute approximate surface area is 134 Å². The van der Waals surface area contributed by atoms with Crippen LogP contribution in [0.25, 0.3) is 0 Å². The number of sulfone groups is 1. The number of hydrogen-bond acceptors (Lipinski definition) is 3. The number of aryl methyl sites for hydroxylation is 2. The Kier molecular flexibility index (Phi) is 3.70. The van der Waals surface area contributed by atoms with Gasteiger partial charge in [-0.05, 0) is 42.7 Å². The van der Waals surface area contributed by atoms with Crippen molar-refractivity contribution >= 4 is 33.0 Å². The standard InChI is InChI=1S/C16H14ClNO3S/c1-10-3-2-4-13(15(10)17)16(19)18-12-6-5-11-7-8-22(20,21)14(11)9-12/h2-6,9H,7-8H2,1H3,(H,18,19). The van der Waals surface area contributed by atoms with Crippen molar-refractivity contribution in [3.8, 4) is 0 Å². The summed E-state index contributed by atoms with van der Waals surface area (Å²) in [4.78, 5) is 12.6. The number of benzene rings is 2. The Bertz CT molecular complexity index is 875. The zero-order chi connectivity index (χ0) is 15.9. The fourth-order valence-electron chi connectivity index (χ4n) is 2.50. The molecular formula is C16H14ClNO3S.